The molecule has 11 heteroatoms. The fourth-order valence-electron chi connectivity index (χ4n) is 6.66. The second-order valence-electron chi connectivity index (χ2n) is 13.0. The maximum atomic E-state index is 13.4. The lowest BCUT2D eigenvalue weighted by Gasteiger charge is -2.37. The fourth-order valence-corrected chi connectivity index (χ4v) is 6.66. The van der Waals surface area contributed by atoms with E-state index < -0.39 is 24.3 Å². The van der Waals surface area contributed by atoms with Gasteiger partial charge in [-0.25, -0.2) is 19.6 Å². The number of aromatic nitrogens is 3. The molecule has 1 saturated heterocycles. The van der Waals surface area contributed by atoms with Gasteiger partial charge in [0.25, 0.3) is 0 Å². The van der Waals surface area contributed by atoms with Crippen molar-refractivity contribution in [2.75, 3.05) is 33.4 Å². The van der Waals surface area contributed by atoms with Crippen molar-refractivity contribution in [3.05, 3.63) is 139 Å². The normalized spacial score (nSPS) is 15.7. The number of esters is 1. The lowest BCUT2D eigenvalue weighted by atomic mass is 10.0. The first-order valence-electron chi connectivity index (χ1n) is 17.8. The number of para-hydroxylation sites is 1. The topological polar surface area (TPSA) is 114 Å². The minimum Gasteiger partial charge on any atom is -0.491 e. The van der Waals surface area contributed by atoms with Crippen LogP contribution < -0.4 is 9.47 Å². The third-order valence-corrected chi connectivity index (χ3v) is 9.47. The van der Waals surface area contributed by atoms with Crippen LogP contribution in [0, 0.1) is 0 Å². The van der Waals surface area contributed by atoms with Crippen LogP contribution >= 0.6 is 0 Å². The Balaban J connectivity index is 1.02. The van der Waals surface area contributed by atoms with E-state index in [1.54, 1.807) is 42.5 Å². The van der Waals surface area contributed by atoms with E-state index in [0.717, 1.165) is 33.1 Å². The summed E-state index contributed by atoms with van der Waals surface area (Å²) in [6, 6.07) is 36.2. The van der Waals surface area contributed by atoms with Gasteiger partial charge >= 0.3 is 12.1 Å². The van der Waals surface area contributed by atoms with E-state index in [9.17, 15) is 9.59 Å². The van der Waals surface area contributed by atoms with Crippen molar-refractivity contribution in [1.82, 2.24) is 19.3 Å². The Morgan fingerprint density at radius 1 is 0.815 bits per heavy atom. The van der Waals surface area contributed by atoms with Crippen molar-refractivity contribution >= 4 is 39.4 Å². The highest BCUT2D eigenvalue weighted by molar-refractivity contribution is 5.89. The van der Waals surface area contributed by atoms with Crippen molar-refractivity contribution < 1.29 is 33.3 Å². The molecule has 3 aromatic heterocycles. The van der Waals surface area contributed by atoms with Gasteiger partial charge in [0, 0.05) is 37.7 Å². The molecule has 4 heterocycles. The average Bonchev–Trinajstić information content (AvgIpc) is 3.64. The minimum atomic E-state index is -0.780. The van der Waals surface area contributed by atoms with Crippen LogP contribution in [0.4, 0.5) is 4.79 Å². The van der Waals surface area contributed by atoms with Gasteiger partial charge in [-0.15, -0.1) is 0 Å². The number of methoxy groups -OCH3 is 1. The predicted molar refractivity (Wildman–Crippen MR) is 204 cm³/mol. The van der Waals surface area contributed by atoms with Crippen molar-refractivity contribution in [2.24, 2.45) is 0 Å². The van der Waals surface area contributed by atoms with E-state index in [-0.39, 0.29) is 13.2 Å². The molecule has 0 saturated carbocycles. The molecular formula is C43H38N4O7. The molecule has 54 heavy (non-hydrogen) atoms. The van der Waals surface area contributed by atoms with Crippen LogP contribution in [-0.4, -0.2) is 77.0 Å². The number of piperidine rings is 1. The highest BCUT2D eigenvalue weighted by Crippen LogP contribution is 2.31. The average molecular weight is 723 g/mol. The molecule has 0 unspecified atom stereocenters. The number of likely N-dealkylation sites (tertiary alicyclic amines) is 1. The number of hydrogen-bond acceptors (Lipinski definition) is 9. The first-order valence-corrected chi connectivity index (χ1v) is 17.8. The van der Waals surface area contributed by atoms with Crippen LogP contribution in [-0.2, 0) is 20.8 Å². The largest absolute Gasteiger partial charge is 0.491 e. The Hall–Kier alpha value is -6.46. The monoisotopic (exact) mass is 722 g/mol. The van der Waals surface area contributed by atoms with Gasteiger partial charge in [-0.05, 0) is 52.7 Å². The first kappa shape index (κ1) is 34.6. The summed E-state index contributed by atoms with van der Waals surface area (Å²) in [5, 5.41) is 3.07. The molecule has 0 bridgehead atoms. The highest BCUT2D eigenvalue weighted by Gasteiger charge is 2.37. The van der Waals surface area contributed by atoms with E-state index in [1.165, 1.54) is 0 Å². The van der Waals surface area contributed by atoms with Gasteiger partial charge in [0.1, 0.15) is 42.0 Å². The van der Waals surface area contributed by atoms with Crippen LogP contribution in [0.3, 0.4) is 0 Å². The lowest BCUT2D eigenvalue weighted by molar-refractivity contribution is -0.0452. The molecule has 11 nitrogen and oxygen atoms in total. The quantitative estimate of drug-likeness (QED) is 0.0977. The van der Waals surface area contributed by atoms with E-state index in [4.69, 9.17) is 28.7 Å². The molecule has 0 aliphatic carbocycles. The number of fused-ring (bicyclic) bond motifs is 3. The molecule has 1 fully saturated rings. The second-order valence-corrected chi connectivity index (χ2v) is 13.0. The predicted octanol–water partition coefficient (Wildman–Crippen LogP) is 7.74. The van der Waals surface area contributed by atoms with Crippen LogP contribution in [0.15, 0.2) is 128 Å². The van der Waals surface area contributed by atoms with Crippen molar-refractivity contribution in [2.45, 2.75) is 25.2 Å². The second kappa shape index (κ2) is 15.6. The van der Waals surface area contributed by atoms with Gasteiger partial charge in [-0.1, -0.05) is 72.8 Å². The van der Waals surface area contributed by atoms with Crippen molar-refractivity contribution in [1.29, 1.82) is 0 Å². The summed E-state index contributed by atoms with van der Waals surface area (Å²) in [5.74, 6) is 0.736. The Morgan fingerprint density at radius 2 is 1.63 bits per heavy atom. The van der Waals surface area contributed by atoms with Crippen LogP contribution in [0.5, 0.6) is 11.5 Å². The van der Waals surface area contributed by atoms with E-state index in [0.29, 0.717) is 54.5 Å². The molecular weight excluding hydrogens is 684 g/mol. The molecule has 1 amide bonds. The number of carbonyl (C=O) groups excluding carboxylic acids is 2. The standard InChI is InChI=1S/C43H38N4O7/c1-50-22-23-51-34-18-21-47-36(26-44-40(47)25-34)35-17-16-31-12-7-13-38(41(31)45-35)53-37-19-20-46(27-39(37)54-42(48)32-9-3-2-4-10-32)43(49)52-28-29-14-15-30-8-5-6-11-33(30)24-29/h2-18,21,24-26,37,39H,19-20,22-23,27-28H2,1H3/t37-,39+/m0/s1. The fraction of sp³-hybridized carbons (Fsp3) is 0.209. The summed E-state index contributed by atoms with van der Waals surface area (Å²) in [6.45, 7) is 1.50. The molecule has 2 atom stereocenters. The molecule has 4 aromatic carbocycles. The zero-order valence-electron chi connectivity index (χ0n) is 29.7. The molecule has 1 aliphatic heterocycles. The van der Waals surface area contributed by atoms with Crippen molar-refractivity contribution in [3.63, 3.8) is 0 Å². The molecule has 272 valence electrons. The summed E-state index contributed by atoms with van der Waals surface area (Å²) in [7, 11) is 1.63. The van der Waals surface area contributed by atoms with Gasteiger partial charge in [-0.2, -0.15) is 0 Å². The van der Waals surface area contributed by atoms with E-state index >= 15 is 0 Å². The van der Waals surface area contributed by atoms with Gasteiger partial charge in [-0.3, -0.25) is 4.40 Å². The van der Waals surface area contributed by atoms with Gasteiger partial charge in [0.15, 0.2) is 6.10 Å². The summed E-state index contributed by atoms with van der Waals surface area (Å²) in [6.07, 6.45) is 2.25. The summed E-state index contributed by atoms with van der Waals surface area (Å²) in [5.41, 5.74) is 4.17. The number of imidazole rings is 1. The van der Waals surface area contributed by atoms with Crippen LogP contribution in [0.25, 0.3) is 38.7 Å². The molecule has 0 radical (unpaired) electrons. The number of hydrogen-bond donors (Lipinski definition) is 0. The van der Waals surface area contributed by atoms with Crippen LogP contribution in [0.2, 0.25) is 0 Å². The maximum absolute atomic E-state index is 13.4. The number of pyridine rings is 2. The van der Waals surface area contributed by atoms with E-state index in [2.05, 4.69) is 4.98 Å². The molecule has 8 rings (SSSR count). The number of amides is 1. The smallest absolute Gasteiger partial charge is 0.410 e. The third-order valence-electron chi connectivity index (χ3n) is 9.47. The number of ether oxygens (including phenoxy) is 5. The Bertz CT molecular complexity index is 2430. The molecule has 0 spiro atoms. The van der Waals surface area contributed by atoms with Gasteiger partial charge in [0.2, 0.25) is 0 Å². The summed E-state index contributed by atoms with van der Waals surface area (Å²) >= 11 is 0. The number of carbonyl (C=O) groups is 2. The zero-order chi connectivity index (χ0) is 36.9. The number of nitrogens with zero attached hydrogens (tertiary/aromatic N) is 4. The summed E-state index contributed by atoms with van der Waals surface area (Å²) < 4.78 is 31.3. The maximum Gasteiger partial charge on any atom is 0.410 e. The highest BCUT2D eigenvalue weighted by atomic mass is 16.6. The Labute approximate surface area is 311 Å². The number of benzene rings is 4. The summed E-state index contributed by atoms with van der Waals surface area (Å²) in [4.78, 5) is 37.9. The molecule has 0 N–H and O–H groups in total. The zero-order valence-corrected chi connectivity index (χ0v) is 29.7. The van der Waals surface area contributed by atoms with Gasteiger partial charge in [0.05, 0.1) is 36.3 Å². The Morgan fingerprint density at radius 3 is 2.50 bits per heavy atom. The van der Waals surface area contributed by atoms with Crippen LogP contribution in [0.1, 0.15) is 22.3 Å². The van der Waals surface area contributed by atoms with Gasteiger partial charge < -0.3 is 28.6 Å². The molecule has 7 aromatic rings. The van der Waals surface area contributed by atoms with E-state index in [1.807, 2.05) is 102 Å². The third kappa shape index (κ3) is 7.53. The molecule has 1 aliphatic rings. The lowest BCUT2D eigenvalue weighted by Crippen LogP contribution is -2.52. The van der Waals surface area contributed by atoms with Crippen molar-refractivity contribution in [3.8, 4) is 22.9 Å². The first-order chi connectivity index (χ1) is 26.5. The number of rotatable bonds is 11. The Kier molecular flexibility index (Phi) is 10.0. The minimum absolute atomic E-state index is 0.0994. The SMILES string of the molecule is COCCOc1ccn2c(-c3ccc4cccc(O[C@H]5CCN(C(=O)OCc6ccc7ccccc7c6)C[C@H]5OC(=O)c5ccccc5)c4n3)cnc2c1.